The molecule has 0 spiro atoms. The lowest BCUT2D eigenvalue weighted by molar-refractivity contribution is 0.0566. The van der Waals surface area contributed by atoms with Crippen molar-refractivity contribution in [1.82, 2.24) is 0 Å². The van der Waals surface area contributed by atoms with Crippen molar-refractivity contribution in [2.75, 3.05) is 4.90 Å². The Kier molecular flexibility index (Phi) is 4.97. The number of hydrogen-bond donors (Lipinski definition) is 0. The van der Waals surface area contributed by atoms with Crippen LogP contribution in [0.5, 0.6) is 0 Å². The standard InChI is InChI=1S/C17H21ClN2O2/c1-17(2,3)22-16(21)20(14-6-4-5-7-14)15-10-13(18)9-8-12(15)11-19/h8-10,14H,4-7H2,1-3H3. The Morgan fingerprint density at radius 2 is 2.00 bits per heavy atom. The third-order valence-corrected chi connectivity index (χ3v) is 3.85. The average molecular weight is 321 g/mol. The van der Waals surface area contributed by atoms with Gasteiger partial charge in [0.15, 0.2) is 0 Å². The molecule has 0 unspecified atom stereocenters. The van der Waals surface area contributed by atoms with E-state index in [-0.39, 0.29) is 6.04 Å². The van der Waals surface area contributed by atoms with Crippen molar-refractivity contribution in [3.05, 3.63) is 28.8 Å². The molecule has 0 atom stereocenters. The van der Waals surface area contributed by atoms with E-state index in [1.54, 1.807) is 23.1 Å². The summed E-state index contributed by atoms with van der Waals surface area (Å²) in [7, 11) is 0. The van der Waals surface area contributed by atoms with Gasteiger partial charge >= 0.3 is 6.09 Å². The van der Waals surface area contributed by atoms with E-state index in [2.05, 4.69) is 6.07 Å². The number of benzene rings is 1. The predicted octanol–water partition coefficient (Wildman–Crippen LogP) is 4.90. The van der Waals surface area contributed by atoms with Gasteiger partial charge in [-0.3, -0.25) is 4.90 Å². The number of carbonyl (C=O) groups is 1. The van der Waals surface area contributed by atoms with Crippen LogP contribution in [0.1, 0.15) is 52.0 Å². The molecular weight excluding hydrogens is 300 g/mol. The van der Waals surface area contributed by atoms with Gasteiger partial charge < -0.3 is 4.74 Å². The van der Waals surface area contributed by atoms with Crippen LogP contribution in [0.3, 0.4) is 0 Å². The molecule has 1 amide bonds. The second kappa shape index (κ2) is 6.58. The summed E-state index contributed by atoms with van der Waals surface area (Å²) in [4.78, 5) is 14.3. The molecule has 1 aromatic rings. The highest BCUT2D eigenvalue weighted by molar-refractivity contribution is 6.31. The number of hydrogen-bond acceptors (Lipinski definition) is 3. The lowest BCUT2D eigenvalue weighted by Crippen LogP contribution is -2.43. The Morgan fingerprint density at radius 1 is 1.36 bits per heavy atom. The molecule has 0 aliphatic heterocycles. The zero-order valence-corrected chi connectivity index (χ0v) is 14.0. The largest absolute Gasteiger partial charge is 0.443 e. The summed E-state index contributed by atoms with van der Waals surface area (Å²) < 4.78 is 5.54. The highest BCUT2D eigenvalue weighted by atomic mass is 35.5. The fourth-order valence-electron chi connectivity index (χ4n) is 2.72. The molecule has 1 fully saturated rings. The summed E-state index contributed by atoms with van der Waals surface area (Å²) >= 11 is 6.07. The minimum atomic E-state index is -0.584. The molecule has 1 saturated carbocycles. The molecule has 0 heterocycles. The summed E-state index contributed by atoms with van der Waals surface area (Å²) in [6.45, 7) is 5.50. The quantitative estimate of drug-likeness (QED) is 0.779. The number of nitrogens with zero attached hydrogens (tertiary/aromatic N) is 2. The Hall–Kier alpha value is -1.73. The Balaban J connectivity index is 2.43. The van der Waals surface area contributed by atoms with E-state index in [9.17, 15) is 10.1 Å². The first-order chi connectivity index (χ1) is 10.3. The van der Waals surface area contributed by atoms with Gasteiger partial charge in [-0.15, -0.1) is 0 Å². The minimum Gasteiger partial charge on any atom is -0.443 e. The number of rotatable bonds is 2. The minimum absolute atomic E-state index is 0.0559. The normalized spacial score (nSPS) is 15.4. The number of nitriles is 1. The van der Waals surface area contributed by atoms with Crippen LogP contribution in [0.4, 0.5) is 10.5 Å². The fraction of sp³-hybridized carbons (Fsp3) is 0.529. The highest BCUT2D eigenvalue weighted by Gasteiger charge is 2.33. The number of ether oxygens (including phenoxy) is 1. The summed E-state index contributed by atoms with van der Waals surface area (Å²) in [6, 6.07) is 7.16. The molecule has 5 heteroatoms. The molecule has 1 aliphatic rings. The zero-order chi connectivity index (χ0) is 16.3. The lowest BCUT2D eigenvalue weighted by atomic mass is 10.1. The molecule has 0 aromatic heterocycles. The van der Waals surface area contributed by atoms with E-state index in [0.717, 1.165) is 25.7 Å². The van der Waals surface area contributed by atoms with Gasteiger partial charge in [-0.05, 0) is 51.8 Å². The van der Waals surface area contributed by atoms with E-state index in [0.29, 0.717) is 16.3 Å². The van der Waals surface area contributed by atoms with Gasteiger partial charge in [-0.25, -0.2) is 4.79 Å². The maximum absolute atomic E-state index is 12.7. The van der Waals surface area contributed by atoms with Crippen LogP contribution in [0.25, 0.3) is 0 Å². The molecule has 1 aromatic carbocycles. The zero-order valence-electron chi connectivity index (χ0n) is 13.2. The van der Waals surface area contributed by atoms with Crippen LogP contribution in [-0.2, 0) is 4.74 Å². The van der Waals surface area contributed by atoms with Gasteiger partial charge in [0.25, 0.3) is 0 Å². The van der Waals surface area contributed by atoms with Crippen molar-refractivity contribution in [2.45, 2.75) is 58.1 Å². The third-order valence-electron chi connectivity index (χ3n) is 3.62. The number of carbonyl (C=O) groups excluding carboxylic acids is 1. The van der Waals surface area contributed by atoms with E-state index in [1.807, 2.05) is 20.8 Å². The van der Waals surface area contributed by atoms with Crippen LogP contribution in [0.2, 0.25) is 5.02 Å². The van der Waals surface area contributed by atoms with Gasteiger partial charge in [0.1, 0.15) is 11.7 Å². The smallest absolute Gasteiger partial charge is 0.415 e. The number of halogens is 1. The van der Waals surface area contributed by atoms with Crippen molar-refractivity contribution < 1.29 is 9.53 Å². The summed E-state index contributed by atoms with van der Waals surface area (Å²) in [5.41, 5.74) is 0.387. The Labute approximate surface area is 136 Å². The van der Waals surface area contributed by atoms with Crippen LogP contribution in [0.15, 0.2) is 18.2 Å². The third kappa shape index (κ3) is 3.92. The van der Waals surface area contributed by atoms with E-state index in [4.69, 9.17) is 16.3 Å². The second-order valence-corrected chi connectivity index (χ2v) is 7.00. The van der Waals surface area contributed by atoms with Crippen LogP contribution < -0.4 is 4.90 Å². The van der Waals surface area contributed by atoms with Crippen LogP contribution >= 0.6 is 11.6 Å². The lowest BCUT2D eigenvalue weighted by Gasteiger charge is -2.32. The van der Waals surface area contributed by atoms with Gasteiger partial charge in [-0.1, -0.05) is 24.4 Å². The monoisotopic (exact) mass is 320 g/mol. The van der Waals surface area contributed by atoms with Gasteiger partial charge in [-0.2, -0.15) is 5.26 Å². The van der Waals surface area contributed by atoms with E-state index >= 15 is 0 Å². The summed E-state index contributed by atoms with van der Waals surface area (Å²) in [5, 5.41) is 9.84. The molecule has 1 aliphatic carbocycles. The molecule has 0 saturated heterocycles. The first-order valence-electron chi connectivity index (χ1n) is 7.53. The maximum Gasteiger partial charge on any atom is 0.415 e. The van der Waals surface area contributed by atoms with Crippen LogP contribution in [0, 0.1) is 11.3 Å². The van der Waals surface area contributed by atoms with Gasteiger partial charge in [0.05, 0.1) is 11.3 Å². The second-order valence-electron chi connectivity index (χ2n) is 6.56. The highest BCUT2D eigenvalue weighted by Crippen LogP contribution is 2.33. The Morgan fingerprint density at radius 3 is 2.55 bits per heavy atom. The topological polar surface area (TPSA) is 53.3 Å². The summed E-state index contributed by atoms with van der Waals surface area (Å²) in [6.07, 6.45) is 3.56. The Bertz CT molecular complexity index is 596. The predicted molar refractivity (Wildman–Crippen MR) is 87.1 cm³/mol. The first-order valence-corrected chi connectivity index (χ1v) is 7.91. The maximum atomic E-state index is 12.7. The van der Waals surface area contributed by atoms with Crippen molar-refractivity contribution >= 4 is 23.4 Å². The summed E-state index contributed by atoms with van der Waals surface area (Å²) in [5.74, 6) is 0. The molecule has 4 nitrogen and oxygen atoms in total. The number of anilines is 1. The van der Waals surface area contributed by atoms with Crippen molar-refractivity contribution in [2.24, 2.45) is 0 Å². The fourth-order valence-corrected chi connectivity index (χ4v) is 2.88. The van der Waals surface area contributed by atoms with E-state index in [1.165, 1.54) is 0 Å². The molecule has 0 radical (unpaired) electrons. The van der Waals surface area contributed by atoms with Crippen molar-refractivity contribution in [3.63, 3.8) is 0 Å². The van der Waals surface area contributed by atoms with Crippen molar-refractivity contribution in [1.29, 1.82) is 5.26 Å². The molecule has 22 heavy (non-hydrogen) atoms. The van der Waals surface area contributed by atoms with Crippen LogP contribution in [-0.4, -0.2) is 17.7 Å². The molecule has 118 valence electrons. The molecular formula is C17H21ClN2O2. The average Bonchev–Trinajstić information content (AvgIpc) is 2.91. The molecule has 0 N–H and O–H groups in total. The van der Waals surface area contributed by atoms with Crippen molar-refractivity contribution in [3.8, 4) is 6.07 Å². The number of amides is 1. The SMILES string of the molecule is CC(C)(C)OC(=O)N(c1cc(Cl)ccc1C#N)C1CCCC1. The van der Waals surface area contributed by atoms with Gasteiger partial charge in [0.2, 0.25) is 0 Å². The first kappa shape index (κ1) is 16.6. The molecule has 2 rings (SSSR count). The van der Waals surface area contributed by atoms with E-state index < -0.39 is 11.7 Å². The van der Waals surface area contributed by atoms with Gasteiger partial charge in [0, 0.05) is 11.1 Å². The molecule has 0 bridgehead atoms.